The molecule has 1 aliphatic rings. The number of nitrogens with two attached hydrogens (primary N) is 2. The van der Waals surface area contributed by atoms with Gasteiger partial charge in [0.2, 0.25) is 5.95 Å². The minimum atomic E-state index is 0.305. The Labute approximate surface area is 154 Å². The van der Waals surface area contributed by atoms with Crippen LogP contribution in [0.3, 0.4) is 0 Å². The summed E-state index contributed by atoms with van der Waals surface area (Å²) in [6.45, 7) is 7.97. The monoisotopic (exact) mass is 356 g/mol. The van der Waals surface area contributed by atoms with Gasteiger partial charge in [-0.3, -0.25) is 4.90 Å². The molecule has 0 amide bonds. The second kappa shape index (κ2) is 7.84. The van der Waals surface area contributed by atoms with Gasteiger partial charge in [0, 0.05) is 56.6 Å². The van der Waals surface area contributed by atoms with Crippen molar-refractivity contribution in [2.75, 3.05) is 69.7 Å². The Morgan fingerprint density at radius 2 is 1.81 bits per heavy atom. The van der Waals surface area contributed by atoms with Crippen LogP contribution in [0, 0.1) is 6.92 Å². The minimum absolute atomic E-state index is 0.305. The van der Waals surface area contributed by atoms with Crippen molar-refractivity contribution in [1.29, 1.82) is 0 Å². The lowest BCUT2D eigenvalue weighted by molar-refractivity contribution is 0.229. The fourth-order valence-corrected chi connectivity index (χ4v) is 3.22. The Morgan fingerprint density at radius 3 is 2.42 bits per heavy atom. The molecule has 2 aromatic rings. The van der Waals surface area contributed by atoms with Crippen molar-refractivity contribution in [2.24, 2.45) is 0 Å². The van der Waals surface area contributed by atoms with Crippen LogP contribution in [0.1, 0.15) is 5.69 Å². The first-order valence-corrected chi connectivity index (χ1v) is 8.92. The van der Waals surface area contributed by atoms with E-state index in [1.807, 2.05) is 13.0 Å². The second-order valence-corrected chi connectivity index (χ2v) is 6.97. The van der Waals surface area contributed by atoms with Gasteiger partial charge in [-0.05, 0) is 33.2 Å². The van der Waals surface area contributed by atoms with E-state index in [-0.39, 0.29) is 0 Å². The SMILES string of the molecule is Cc1nc(N)nc(N2CCN(CCN(C)C)CC2)c1-c1ccc(N)nc1. The molecule has 0 aromatic carbocycles. The predicted octanol–water partition coefficient (Wildman–Crippen LogP) is 0.695. The summed E-state index contributed by atoms with van der Waals surface area (Å²) in [7, 11) is 4.21. The van der Waals surface area contributed by atoms with Crippen molar-refractivity contribution < 1.29 is 0 Å². The molecule has 1 fully saturated rings. The maximum atomic E-state index is 5.95. The average Bonchev–Trinajstić information content (AvgIpc) is 2.61. The number of anilines is 3. The molecule has 0 unspecified atom stereocenters. The largest absolute Gasteiger partial charge is 0.384 e. The van der Waals surface area contributed by atoms with E-state index in [2.05, 4.69) is 43.7 Å². The van der Waals surface area contributed by atoms with Gasteiger partial charge in [0.05, 0.1) is 5.69 Å². The number of nitrogen functional groups attached to an aromatic ring is 2. The molecular formula is C18H28N8. The molecule has 8 nitrogen and oxygen atoms in total. The van der Waals surface area contributed by atoms with E-state index in [1.54, 1.807) is 12.3 Å². The van der Waals surface area contributed by atoms with Gasteiger partial charge in [0.25, 0.3) is 0 Å². The van der Waals surface area contributed by atoms with Crippen LogP contribution in [0.4, 0.5) is 17.6 Å². The fourth-order valence-electron chi connectivity index (χ4n) is 3.22. The summed E-state index contributed by atoms with van der Waals surface area (Å²) in [5, 5.41) is 0. The van der Waals surface area contributed by atoms with Gasteiger partial charge in [-0.1, -0.05) is 0 Å². The molecule has 1 saturated heterocycles. The summed E-state index contributed by atoms with van der Waals surface area (Å²) in [5.41, 5.74) is 14.5. The standard InChI is InChI=1S/C18H28N8/c1-13-16(14-4-5-15(19)21-12-14)17(23-18(20)22-13)26-10-8-25(9-11-26)7-6-24(2)3/h4-5,12H,6-11H2,1-3H3,(H2,19,21)(H2,20,22,23). The highest BCUT2D eigenvalue weighted by atomic mass is 15.3. The van der Waals surface area contributed by atoms with E-state index < -0.39 is 0 Å². The number of aryl methyl sites for hydroxylation is 1. The molecule has 0 atom stereocenters. The Kier molecular flexibility index (Phi) is 5.53. The lowest BCUT2D eigenvalue weighted by Gasteiger charge is -2.36. The van der Waals surface area contributed by atoms with Gasteiger partial charge >= 0.3 is 0 Å². The Hall–Kier alpha value is -2.45. The Balaban J connectivity index is 1.83. The van der Waals surface area contributed by atoms with Crippen LogP contribution in [-0.2, 0) is 0 Å². The molecule has 140 valence electrons. The van der Waals surface area contributed by atoms with Crippen LogP contribution in [0.25, 0.3) is 11.1 Å². The summed E-state index contributed by atoms with van der Waals surface area (Å²) >= 11 is 0. The van der Waals surface area contributed by atoms with E-state index in [0.29, 0.717) is 11.8 Å². The number of hydrogen-bond acceptors (Lipinski definition) is 8. The maximum absolute atomic E-state index is 5.95. The number of hydrogen-bond donors (Lipinski definition) is 2. The van der Waals surface area contributed by atoms with Crippen LogP contribution in [0.5, 0.6) is 0 Å². The van der Waals surface area contributed by atoms with Crippen molar-refractivity contribution in [3.63, 3.8) is 0 Å². The molecule has 4 N–H and O–H groups in total. The molecule has 0 radical (unpaired) electrons. The lowest BCUT2D eigenvalue weighted by Crippen LogP contribution is -2.48. The quantitative estimate of drug-likeness (QED) is 0.807. The van der Waals surface area contributed by atoms with Crippen molar-refractivity contribution in [1.82, 2.24) is 24.8 Å². The third-order valence-corrected chi connectivity index (χ3v) is 4.70. The molecule has 0 saturated carbocycles. The zero-order chi connectivity index (χ0) is 18.7. The highest BCUT2D eigenvalue weighted by Gasteiger charge is 2.23. The second-order valence-electron chi connectivity index (χ2n) is 6.97. The predicted molar refractivity (Wildman–Crippen MR) is 106 cm³/mol. The molecule has 3 rings (SSSR count). The van der Waals surface area contributed by atoms with Crippen molar-refractivity contribution >= 4 is 17.6 Å². The first-order valence-electron chi connectivity index (χ1n) is 8.92. The fraction of sp³-hybridized carbons (Fsp3) is 0.500. The van der Waals surface area contributed by atoms with Crippen LogP contribution in [0.15, 0.2) is 18.3 Å². The first-order chi connectivity index (χ1) is 12.4. The first kappa shape index (κ1) is 18.3. The average molecular weight is 356 g/mol. The molecule has 26 heavy (non-hydrogen) atoms. The molecule has 0 bridgehead atoms. The molecule has 1 aliphatic heterocycles. The maximum Gasteiger partial charge on any atom is 0.222 e. The van der Waals surface area contributed by atoms with Gasteiger partial charge in [0.1, 0.15) is 11.6 Å². The van der Waals surface area contributed by atoms with Gasteiger partial charge in [-0.25, -0.2) is 9.97 Å². The highest BCUT2D eigenvalue weighted by molar-refractivity contribution is 5.78. The summed E-state index contributed by atoms with van der Waals surface area (Å²) in [6, 6.07) is 3.76. The van der Waals surface area contributed by atoms with Crippen LogP contribution in [0.2, 0.25) is 0 Å². The van der Waals surface area contributed by atoms with Crippen LogP contribution in [-0.4, -0.2) is 78.1 Å². The van der Waals surface area contributed by atoms with Crippen molar-refractivity contribution in [3.05, 3.63) is 24.0 Å². The molecular weight excluding hydrogens is 328 g/mol. The van der Waals surface area contributed by atoms with E-state index in [1.165, 1.54) is 0 Å². The number of aromatic nitrogens is 3. The lowest BCUT2D eigenvalue weighted by atomic mass is 10.1. The molecule has 2 aromatic heterocycles. The third kappa shape index (κ3) is 4.20. The normalized spacial score (nSPS) is 15.6. The van der Waals surface area contributed by atoms with Crippen molar-refractivity contribution in [2.45, 2.75) is 6.92 Å². The zero-order valence-electron chi connectivity index (χ0n) is 15.8. The summed E-state index contributed by atoms with van der Waals surface area (Å²) in [4.78, 5) is 20.1. The topological polar surface area (TPSA) is 100 Å². The number of likely N-dealkylation sites (N-methyl/N-ethyl adjacent to an activating group) is 1. The number of rotatable bonds is 5. The smallest absolute Gasteiger partial charge is 0.222 e. The Bertz CT molecular complexity index is 736. The van der Waals surface area contributed by atoms with E-state index in [4.69, 9.17) is 11.5 Å². The Morgan fingerprint density at radius 1 is 1.08 bits per heavy atom. The molecule has 8 heteroatoms. The molecule has 0 aliphatic carbocycles. The number of piperazine rings is 1. The summed E-state index contributed by atoms with van der Waals surface area (Å²) in [5.74, 6) is 1.69. The van der Waals surface area contributed by atoms with Crippen LogP contribution >= 0.6 is 0 Å². The molecule has 0 spiro atoms. The summed E-state index contributed by atoms with van der Waals surface area (Å²) < 4.78 is 0. The van der Waals surface area contributed by atoms with Crippen molar-refractivity contribution in [3.8, 4) is 11.1 Å². The van der Waals surface area contributed by atoms with Gasteiger partial charge < -0.3 is 21.3 Å². The number of nitrogens with zero attached hydrogens (tertiary/aromatic N) is 6. The number of pyridine rings is 1. The third-order valence-electron chi connectivity index (χ3n) is 4.70. The zero-order valence-corrected chi connectivity index (χ0v) is 15.8. The van der Waals surface area contributed by atoms with E-state index in [0.717, 1.165) is 61.9 Å². The minimum Gasteiger partial charge on any atom is -0.384 e. The molecule has 3 heterocycles. The van der Waals surface area contributed by atoms with Crippen LogP contribution < -0.4 is 16.4 Å². The summed E-state index contributed by atoms with van der Waals surface area (Å²) in [6.07, 6.45) is 1.77. The highest BCUT2D eigenvalue weighted by Crippen LogP contribution is 2.32. The van der Waals surface area contributed by atoms with Gasteiger partial charge in [0.15, 0.2) is 0 Å². The van der Waals surface area contributed by atoms with Gasteiger partial charge in [-0.15, -0.1) is 0 Å². The van der Waals surface area contributed by atoms with E-state index >= 15 is 0 Å². The van der Waals surface area contributed by atoms with E-state index in [9.17, 15) is 0 Å². The van der Waals surface area contributed by atoms with Gasteiger partial charge in [-0.2, -0.15) is 4.98 Å².